The van der Waals surface area contributed by atoms with Crippen molar-refractivity contribution in [3.8, 4) is 0 Å². The molecule has 0 bridgehead atoms. The van der Waals surface area contributed by atoms with Crippen LogP contribution in [0.2, 0.25) is 0 Å². The van der Waals surface area contributed by atoms with Gasteiger partial charge in [0.15, 0.2) is 0 Å². The molecule has 2 atom stereocenters. The highest BCUT2D eigenvalue weighted by Gasteiger charge is 2.27. The van der Waals surface area contributed by atoms with Crippen LogP contribution in [0, 0.1) is 0 Å². The second-order valence-corrected chi connectivity index (χ2v) is 14.3. The molecule has 0 fully saturated rings. The number of fused-ring (bicyclic) bond motifs is 2. The molecule has 250 valence electrons. The van der Waals surface area contributed by atoms with Gasteiger partial charge in [-0.25, -0.2) is 9.59 Å². The Morgan fingerprint density at radius 1 is 0.809 bits per heavy atom. The first-order chi connectivity index (χ1) is 22.3. The van der Waals surface area contributed by atoms with Crippen LogP contribution in [0.3, 0.4) is 0 Å². The zero-order valence-corrected chi connectivity index (χ0v) is 28.6. The van der Waals surface area contributed by atoms with E-state index < -0.39 is 11.2 Å². The number of aromatic nitrogens is 4. The molecule has 2 aliphatic carbocycles. The van der Waals surface area contributed by atoms with E-state index in [4.69, 9.17) is 9.47 Å². The largest absolute Gasteiger partial charge is 0.444 e. The maximum atomic E-state index is 12.2. The van der Waals surface area contributed by atoms with Crippen LogP contribution in [-0.2, 0) is 9.47 Å². The molecule has 10 nitrogen and oxygen atoms in total. The van der Waals surface area contributed by atoms with Crippen LogP contribution in [0.5, 0.6) is 0 Å². The number of H-pyrrole nitrogens is 2. The Kier molecular flexibility index (Phi) is 10.1. The summed E-state index contributed by atoms with van der Waals surface area (Å²) in [4.78, 5) is 41.3. The summed E-state index contributed by atoms with van der Waals surface area (Å²) in [7, 11) is 1.82. The number of ether oxygens (including phenoxy) is 2. The van der Waals surface area contributed by atoms with E-state index >= 15 is 0 Å². The van der Waals surface area contributed by atoms with E-state index in [1.54, 1.807) is 4.90 Å². The monoisotopic (exact) mass is 640 g/mol. The smallest absolute Gasteiger partial charge is 0.410 e. The van der Waals surface area contributed by atoms with Crippen molar-refractivity contribution in [2.45, 2.75) is 103 Å². The third kappa shape index (κ3) is 8.81. The zero-order valence-electron chi connectivity index (χ0n) is 28.6. The van der Waals surface area contributed by atoms with Crippen LogP contribution in [0.4, 0.5) is 9.59 Å². The number of allylic oxidation sites excluding steroid dienone is 2. The SMILES string of the molecule is CC(C)(C)OC(=O)NC1CC=C(c2c[nH]c3cccnc23)CC1.CN(C(=O)OC(C)(C)C)C1CC=C(c2c[nH]c3cccnc23)CC1. The molecule has 2 aliphatic rings. The second kappa shape index (κ2) is 14.0. The standard InChI is InChI=1S/C19H25N3O2.C18H23N3O2/c1-19(2,3)24-18(23)22(4)14-9-7-13(8-10-14)15-12-21-16-6-5-11-20-17(15)16;1-18(2,3)23-17(22)21-13-8-6-12(7-9-13)14-11-20-15-5-4-10-19-16(14)15/h5-7,11-12,14,21H,8-10H2,1-4H3;4-6,10-11,13,20H,7-9H2,1-3H3,(H,21,22). The highest BCUT2D eigenvalue weighted by atomic mass is 16.6. The lowest BCUT2D eigenvalue weighted by Gasteiger charge is -2.32. The number of carbonyl (C=O) groups excluding carboxylic acids is 2. The highest BCUT2D eigenvalue weighted by molar-refractivity contribution is 5.90. The molecule has 6 rings (SSSR count). The van der Waals surface area contributed by atoms with Crippen LogP contribution in [0.25, 0.3) is 33.2 Å². The normalized spacial score (nSPS) is 18.4. The summed E-state index contributed by atoms with van der Waals surface area (Å²) in [6.45, 7) is 11.3. The van der Waals surface area contributed by atoms with Gasteiger partial charge in [0.25, 0.3) is 0 Å². The Balaban J connectivity index is 0.000000185. The molecule has 2 amide bonds. The van der Waals surface area contributed by atoms with Crippen LogP contribution in [0.15, 0.2) is 61.2 Å². The van der Waals surface area contributed by atoms with Gasteiger partial charge in [-0.05, 0) is 115 Å². The predicted octanol–water partition coefficient (Wildman–Crippen LogP) is 8.39. The first-order valence-corrected chi connectivity index (χ1v) is 16.5. The molecule has 0 radical (unpaired) electrons. The van der Waals surface area contributed by atoms with Gasteiger partial charge < -0.3 is 29.7 Å². The van der Waals surface area contributed by atoms with E-state index in [0.717, 1.165) is 66.2 Å². The summed E-state index contributed by atoms with van der Waals surface area (Å²) in [5.74, 6) is 0. The number of nitrogens with one attached hydrogen (secondary N) is 3. The molecule has 2 unspecified atom stereocenters. The Morgan fingerprint density at radius 2 is 1.34 bits per heavy atom. The Morgan fingerprint density at radius 3 is 1.81 bits per heavy atom. The van der Waals surface area contributed by atoms with Gasteiger partial charge in [-0.15, -0.1) is 0 Å². The summed E-state index contributed by atoms with van der Waals surface area (Å²) < 4.78 is 10.8. The van der Waals surface area contributed by atoms with Crippen molar-refractivity contribution in [2.24, 2.45) is 0 Å². The van der Waals surface area contributed by atoms with E-state index in [9.17, 15) is 9.59 Å². The molecule has 0 aromatic carbocycles. The average Bonchev–Trinajstić information content (AvgIpc) is 3.65. The van der Waals surface area contributed by atoms with Crippen LogP contribution in [-0.4, -0.2) is 67.4 Å². The number of aromatic amines is 2. The maximum Gasteiger partial charge on any atom is 0.410 e. The van der Waals surface area contributed by atoms with Crippen LogP contribution < -0.4 is 5.32 Å². The third-order valence-electron chi connectivity index (χ3n) is 8.31. The lowest BCUT2D eigenvalue weighted by atomic mass is 9.91. The van der Waals surface area contributed by atoms with Gasteiger partial charge in [-0.1, -0.05) is 12.2 Å². The van der Waals surface area contributed by atoms with E-state index in [0.29, 0.717) is 0 Å². The molecule has 0 saturated heterocycles. The fraction of sp³-hybridized carbons (Fsp3) is 0.459. The second-order valence-electron chi connectivity index (χ2n) is 14.3. The van der Waals surface area contributed by atoms with Gasteiger partial charge >= 0.3 is 12.2 Å². The van der Waals surface area contributed by atoms with Crippen molar-refractivity contribution in [2.75, 3.05) is 7.05 Å². The van der Waals surface area contributed by atoms with Crippen molar-refractivity contribution in [1.29, 1.82) is 0 Å². The first kappa shape index (κ1) is 33.8. The Hall–Kier alpha value is -4.60. The summed E-state index contributed by atoms with van der Waals surface area (Å²) in [5, 5.41) is 2.95. The number of pyridine rings is 2. The topological polar surface area (TPSA) is 125 Å². The first-order valence-electron chi connectivity index (χ1n) is 16.5. The van der Waals surface area contributed by atoms with Gasteiger partial charge in [-0.3, -0.25) is 9.97 Å². The molecule has 0 spiro atoms. The number of hydrogen-bond acceptors (Lipinski definition) is 6. The Labute approximate surface area is 277 Å². The van der Waals surface area contributed by atoms with Crippen molar-refractivity contribution >= 4 is 45.4 Å². The van der Waals surface area contributed by atoms with E-state index in [1.165, 1.54) is 16.7 Å². The maximum absolute atomic E-state index is 12.2. The summed E-state index contributed by atoms with van der Waals surface area (Å²) >= 11 is 0. The van der Waals surface area contributed by atoms with E-state index in [2.05, 4.69) is 37.4 Å². The van der Waals surface area contributed by atoms with Gasteiger partial charge in [0.05, 0.1) is 22.1 Å². The molecule has 0 saturated carbocycles. The zero-order chi connectivity index (χ0) is 33.8. The minimum Gasteiger partial charge on any atom is -0.444 e. The number of carbonyl (C=O) groups is 2. The lowest BCUT2D eigenvalue weighted by Crippen LogP contribution is -2.41. The van der Waals surface area contributed by atoms with Gasteiger partial charge in [0, 0.05) is 55.0 Å². The number of rotatable bonds is 4. The summed E-state index contributed by atoms with van der Waals surface area (Å²) in [5.41, 5.74) is 8.14. The van der Waals surface area contributed by atoms with E-state index in [-0.39, 0.29) is 24.3 Å². The fourth-order valence-corrected chi connectivity index (χ4v) is 5.98. The molecule has 4 aromatic rings. The van der Waals surface area contributed by atoms with Crippen molar-refractivity contribution in [3.05, 3.63) is 72.3 Å². The molecule has 3 N–H and O–H groups in total. The molecular formula is C37H48N6O4. The van der Waals surface area contributed by atoms with Gasteiger partial charge in [-0.2, -0.15) is 0 Å². The minimum absolute atomic E-state index is 0.131. The molecular weight excluding hydrogens is 592 g/mol. The minimum atomic E-state index is -0.463. The van der Waals surface area contributed by atoms with Gasteiger partial charge in [0.2, 0.25) is 0 Å². The number of alkyl carbamates (subject to hydrolysis) is 1. The Bertz CT molecular complexity index is 1770. The van der Waals surface area contributed by atoms with Crippen LogP contribution in [0.1, 0.15) is 91.2 Å². The van der Waals surface area contributed by atoms with Crippen LogP contribution >= 0.6 is 0 Å². The van der Waals surface area contributed by atoms with Crippen molar-refractivity contribution in [1.82, 2.24) is 30.2 Å². The average molecular weight is 641 g/mol. The molecule has 47 heavy (non-hydrogen) atoms. The van der Waals surface area contributed by atoms with Crippen molar-refractivity contribution in [3.63, 3.8) is 0 Å². The molecule has 10 heteroatoms. The van der Waals surface area contributed by atoms with E-state index in [1.807, 2.05) is 97.6 Å². The third-order valence-corrected chi connectivity index (χ3v) is 8.31. The predicted molar refractivity (Wildman–Crippen MR) is 187 cm³/mol. The number of hydrogen-bond donors (Lipinski definition) is 3. The lowest BCUT2D eigenvalue weighted by molar-refractivity contribution is 0.0214. The summed E-state index contributed by atoms with van der Waals surface area (Å²) in [6.07, 6.45) is 16.9. The molecule has 4 aromatic heterocycles. The van der Waals surface area contributed by atoms with Gasteiger partial charge in [0.1, 0.15) is 11.2 Å². The number of amides is 2. The highest BCUT2D eigenvalue weighted by Crippen LogP contribution is 2.33. The molecule has 0 aliphatic heterocycles. The molecule has 4 heterocycles. The van der Waals surface area contributed by atoms with Crippen molar-refractivity contribution < 1.29 is 19.1 Å². The fourth-order valence-electron chi connectivity index (χ4n) is 5.98. The quantitative estimate of drug-likeness (QED) is 0.206. The summed E-state index contributed by atoms with van der Waals surface area (Å²) in [6, 6.07) is 8.24. The number of nitrogens with zero attached hydrogens (tertiary/aromatic N) is 3.